The first-order valence-corrected chi connectivity index (χ1v) is 5.79. The largest absolute Gasteiger partial charge is 0.300 e. The first-order chi connectivity index (χ1) is 7.61. The molecule has 0 aliphatic heterocycles. The van der Waals surface area contributed by atoms with Crippen LogP contribution in [0.5, 0.6) is 0 Å². The number of ketones is 1. The van der Waals surface area contributed by atoms with Crippen LogP contribution in [0.15, 0.2) is 37.4 Å². The lowest BCUT2D eigenvalue weighted by Gasteiger charge is -1.88. The summed E-state index contributed by atoms with van der Waals surface area (Å²) < 4.78 is 0. The molecule has 0 saturated heterocycles. The molecule has 0 N–H and O–H groups in total. The average Bonchev–Trinajstić information content (AvgIpc) is 2.35. The molecule has 0 aliphatic rings. The number of hydrogen-bond donors (Lipinski definition) is 0. The molecular formula is C13H18Cl2O. The number of benzene rings is 1. The monoisotopic (exact) mass is 260 g/mol. The third kappa shape index (κ3) is 9.75. The number of Topliss-reactive ketones (excluding diaryl/α,β-unsaturated/α-hetero) is 1. The van der Waals surface area contributed by atoms with Crippen molar-refractivity contribution in [2.75, 3.05) is 0 Å². The van der Waals surface area contributed by atoms with Crippen LogP contribution >= 0.6 is 23.2 Å². The van der Waals surface area contributed by atoms with E-state index in [1.165, 1.54) is 0 Å². The lowest BCUT2D eigenvalue weighted by atomic mass is 10.3. The van der Waals surface area contributed by atoms with Gasteiger partial charge in [0.1, 0.15) is 5.78 Å². The second kappa shape index (κ2) is 12.3. The fraction of sp³-hybridized carbons (Fsp3) is 0.308. The van der Waals surface area contributed by atoms with Crippen LogP contribution in [-0.2, 0) is 4.79 Å². The molecule has 0 spiro atoms. The fourth-order valence-electron chi connectivity index (χ4n) is 0.689. The van der Waals surface area contributed by atoms with Gasteiger partial charge in [0, 0.05) is 12.8 Å². The van der Waals surface area contributed by atoms with Gasteiger partial charge >= 0.3 is 0 Å². The molecular weight excluding hydrogens is 243 g/mol. The molecule has 1 aromatic rings. The molecule has 1 rings (SSSR count). The molecule has 0 heterocycles. The van der Waals surface area contributed by atoms with Crippen molar-refractivity contribution in [1.29, 1.82) is 0 Å². The van der Waals surface area contributed by atoms with Gasteiger partial charge in [0.15, 0.2) is 0 Å². The van der Waals surface area contributed by atoms with E-state index < -0.39 is 0 Å². The lowest BCUT2D eigenvalue weighted by molar-refractivity contribution is -0.118. The zero-order valence-corrected chi connectivity index (χ0v) is 11.3. The molecule has 0 aliphatic carbocycles. The van der Waals surface area contributed by atoms with Crippen molar-refractivity contribution >= 4 is 29.0 Å². The number of carbonyl (C=O) groups is 1. The molecule has 0 aromatic heterocycles. The summed E-state index contributed by atoms with van der Waals surface area (Å²) in [6.07, 6.45) is 1.38. The molecule has 0 saturated carbocycles. The Morgan fingerprint density at radius 3 is 1.50 bits per heavy atom. The molecule has 1 nitrogen and oxygen atoms in total. The Kier molecular flexibility index (Phi) is 13.5. The predicted molar refractivity (Wildman–Crippen MR) is 73.3 cm³/mol. The molecule has 1 aromatic carbocycles. The lowest BCUT2D eigenvalue weighted by Crippen LogP contribution is -1.88. The first-order valence-electron chi connectivity index (χ1n) is 5.03. The average molecular weight is 261 g/mol. The topological polar surface area (TPSA) is 17.1 Å². The van der Waals surface area contributed by atoms with Crippen LogP contribution in [0, 0.1) is 0 Å². The Labute approximate surface area is 108 Å². The highest BCUT2D eigenvalue weighted by Crippen LogP contribution is 2.19. The Balaban J connectivity index is 0. The van der Waals surface area contributed by atoms with E-state index in [-0.39, 0.29) is 0 Å². The Bertz CT molecular complexity index is 271. The van der Waals surface area contributed by atoms with Gasteiger partial charge in [-0.3, -0.25) is 4.79 Å². The van der Waals surface area contributed by atoms with Crippen molar-refractivity contribution in [3.63, 3.8) is 0 Å². The Morgan fingerprint density at radius 2 is 1.38 bits per heavy atom. The van der Waals surface area contributed by atoms with Gasteiger partial charge in [-0.05, 0) is 12.1 Å². The third-order valence-electron chi connectivity index (χ3n) is 1.61. The zero-order chi connectivity index (χ0) is 13.0. The summed E-state index contributed by atoms with van der Waals surface area (Å²) in [4.78, 5) is 10.2. The second-order valence-electron chi connectivity index (χ2n) is 2.66. The van der Waals surface area contributed by atoms with Gasteiger partial charge in [-0.15, -0.1) is 13.2 Å². The van der Waals surface area contributed by atoms with Crippen molar-refractivity contribution in [2.45, 2.75) is 26.7 Å². The minimum absolute atomic E-state index is 0.343. The summed E-state index contributed by atoms with van der Waals surface area (Å²) in [6.45, 7) is 9.76. The number of carbonyl (C=O) groups excluding carboxylic acids is 1. The van der Waals surface area contributed by atoms with Crippen LogP contribution in [0.2, 0.25) is 10.0 Å². The van der Waals surface area contributed by atoms with Gasteiger partial charge in [-0.25, -0.2) is 0 Å². The Morgan fingerprint density at radius 1 is 1.06 bits per heavy atom. The van der Waals surface area contributed by atoms with Crippen LogP contribution in [-0.4, -0.2) is 5.78 Å². The molecule has 90 valence electrons. The van der Waals surface area contributed by atoms with Crippen LogP contribution in [0.25, 0.3) is 0 Å². The van der Waals surface area contributed by atoms with E-state index in [0.717, 1.165) is 0 Å². The van der Waals surface area contributed by atoms with E-state index in [1.54, 1.807) is 12.1 Å². The van der Waals surface area contributed by atoms with Crippen LogP contribution in [0.3, 0.4) is 0 Å². The van der Waals surface area contributed by atoms with Crippen molar-refractivity contribution in [3.05, 3.63) is 47.5 Å². The minimum atomic E-state index is 0.343. The summed E-state index contributed by atoms with van der Waals surface area (Å²) in [5.41, 5.74) is 0. The van der Waals surface area contributed by atoms with Crippen molar-refractivity contribution < 1.29 is 4.79 Å². The van der Waals surface area contributed by atoms with Gasteiger partial charge in [0.2, 0.25) is 0 Å². The summed E-state index contributed by atoms with van der Waals surface area (Å²) in [7, 11) is 0. The van der Waals surface area contributed by atoms with Crippen molar-refractivity contribution in [1.82, 2.24) is 0 Å². The molecule has 0 fully saturated rings. The van der Waals surface area contributed by atoms with Gasteiger partial charge in [0.05, 0.1) is 10.0 Å². The molecule has 0 amide bonds. The zero-order valence-electron chi connectivity index (χ0n) is 9.80. The molecule has 0 atom stereocenters. The van der Waals surface area contributed by atoms with E-state index in [9.17, 15) is 4.79 Å². The standard InChI is InChI=1S/C6H4Cl2.C5H10O.C2H4/c7-5-3-1-2-4-6(5)8;1-3-5(6)4-2;1-2/h1-4H;3-4H2,1-2H3;1-2H2. The summed E-state index contributed by atoms with van der Waals surface area (Å²) in [5, 5.41) is 1.21. The number of rotatable bonds is 2. The normalized spacial score (nSPS) is 8.00. The van der Waals surface area contributed by atoms with E-state index >= 15 is 0 Å². The summed E-state index contributed by atoms with van der Waals surface area (Å²) in [5.74, 6) is 0.343. The highest BCUT2D eigenvalue weighted by Gasteiger charge is 1.89. The Hall–Kier alpha value is -0.790. The molecule has 0 unspecified atom stereocenters. The predicted octanol–water partition coefficient (Wildman–Crippen LogP) is 5.17. The first kappa shape index (κ1) is 17.6. The maximum atomic E-state index is 10.2. The quantitative estimate of drug-likeness (QED) is 0.671. The van der Waals surface area contributed by atoms with Crippen LogP contribution in [0.4, 0.5) is 0 Å². The van der Waals surface area contributed by atoms with E-state index in [2.05, 4.69) is 13.2 Å². The van der Waals surface area contributed by atoms with Crippen molar-refractivity contribution in [3.8, 4) is 0 Å². The van der Waals surface area contributed by atoms with E-state index in [1.807, 2.05) is 26.0 Å². The fourth-order valence-corrected chi connectivity index (χ4v) is 0.961. The van der Waals surface area contributed by atoms with Crippen molar-refractivity contribution in [2.24, 2.45) is 0 Å². The summed E-state index contributed by atoms with van der Waals surface area (Å²) >= 11 is 11.2. The molecule has 16 heavy (non-hydrogen) atoms. The molecule has 0 radical (unpaired) electrons. The SMILES string of the molecule is C=C.CCC(=O)CC.Clc1ccccc1Cl. The number of hydrogen-bond acceptors (Lipinski definition) is 1. The maximum absolute atomic E-state index is 10.2. The summed E-state index contributed by atoms with van der Waals surface area (Å²) in [6, 6.07) is 7.19. The smallest absolute Gasteiger partial charge is 0.132 e. The molecule has 0 bridgehead atoms. The van der Waals surface area contributed by atoms with Gasteiger partial charge in [-0.1, -0.05) is 49.2 Å². The van der Waals surface area contributed by atoms with Gasteiger partial charge in [-0.2, -0.15) is 0 Å². The van der Waals surface area contributed by atoms with Gasteiger partial charge < -0.3 is 0 Å². The van der Waals surface area contributed by atoms with E-state index in [0.29, 0.717) is 28.7 Å². The minimum Gasteiger partial charge on any atom is -0.300 e. The highest BCUT2D eigenvalue weighted by atomic mass is 35.5. The van der Waals surface area contributed by atoms with Crippen LogP contribution in [0.1, 0.15) is 26.7 Å². The number of halogens is 2. The highest BCUT2D eigenvalue weighted by molar-refractivity contribution is 6.41. The second-order valence-corrected chi connectivity index (χ2v) is 3.47. The van der Waals surface area contributed by atoms with Gasteiger partial charge in [0.25, 0.3) is 0 Å². The van der Waals surface area contributed by atoms with E-state index in [4.69, 9.17) is 23.2 Å². The molecule has 3 heteroatoms. The maximum Gasteiger partial charge on any atom is 0.132 e. The third-order valence-corrected chi connectivity index (χ3v) is 2.37. The van der Waals surface area contributed by atoms with Crippen LogP contribution < -0.4 is 0 Å².